The summed E-state index contributed by atoms with van der Waals surface area (Å²) in [5.74, 6) is 6.77. The second-order valence-corrected chi connectivity index (χ2v) is 22.6. The summed E-state index contributed by atoms with van der Waals surface area (Å²) in [5.41, 5.74) is -2.40. The van der Waals surface area contributed by atoms with E-state index in [2.05, 4.69) is 44.4 Å². The second kappa shape index (κ2) is 14.3. The number of aromatic nitrogens is 3. The van der Waals surface area contributed by atoms with Crippen LogP contribution >= 0.6 is 0 Å². The van der Waals surface area contributed by atoms with Crippen LogP contribution in [0.1, 0.15) is 80.1 Å². The maximum absolute atomic E-state index is 8.56. The van der Waals surface area contributed by atoms with Gasteiger partial charge in [-0.3, -0.25) is 0 Å². The third kappa shape index (κ3) is 8.05. The van der Waals surface area contributed by atoms with E-state index in [0.29, 0.717) is 0 Å². The van der Waals surface area contributed by atoms with Crippen molar-refractivity contribution in [2.45, 2.75) is 77.2 Å². The Morgan fingerprint density at radius 2 is 1.80 bits per heavy atom. The molecule has 6 rings (SSSR count). The van der Waals surface area contributed by atoms with Crippen LogP contribution in [0.5, 0.6) is 0 Å². The van der Waals surface area contributed by atoms with Gasteiger partial charge in [0.2, 0.25) is 5.71 Å². The molecule has 4 heterocycles. The van der Waals surface area contributed by atoms with Crippen molar-refractivity contribution in [2.75, 3.05) is 0 Å². The van der Waals surface area contributed by atoms with E-state index in [0.717, 1.165) is 45.6 Å². The standard InChI is InChI=1S/C22H21N2O.C18H24GeN.Ir/c1-13-6-8-16(18-12-15(10-11-23-18)22(3,4)5)20-19(13)17-9-7-14(2)24-21(17)25-20;1-14(2)11-16-12-18(15-9-7-6-8-10-15)20-13-17(16)19(3,4)5;/h6-7,9-12H,1-5H3;6-9,12-14H,11H2,1-5H3;/q2*-1;/i1D3,2D3,3D3,4D3,5D3;11D2;. The molecule has 0 aliphatic carbocycles. The molecule has 0 amide bonds. The zero-order chi connectivity index (χ0) is 46.8. The van der Waals surface area contributed by atoms with E-state index in [-0.39, 0.29) is 70.6 Å². The number of hydrogen-bond acceptors (Lipinski definition) is 4. The van der Waals surface area contributed by atoms with Crippen LogP contribution in [0.2, 0.25) is 17.3 Å². The summed E-state index contributed by atoms with van der Waals surface area (Å²) >= 11 is -2.20. The molecular formula is C40H45GeIrN3O-2. The van der Waals surface area contributed by atoms with Gasteiger partial charge in [-0.1, -0.05) is 44.4 Å². The van der Waals surface area contributed by atoms with Gasteiger partial charge in [-0.25, -0.2) is 4.98 Å². The van der Waals surface area contributed by atoms with Gasteiger partial charge in [0.15, 0.2) is 0 Å². The van der Waals surface area contributed by atoms with Crippen molar-refractivity contribution < 1.29 is 47.8 Å². The molecule has 0 unspecified atom stereocenters. The van der Waals surface area contributed by atoms with E-state index in [1.165, 1.54) is 12.1 Å². The molecular weight excluding hydrogens is 803 g/mol. The molecule has 241 valence electrons. The van der Waals surface area contributed by atoms with Gasteiger partial charge in [-0.2, -0.15) is 0 Å². The SMILES string of the molecule is [2H]C([2H])([2H])c1ccc2c(n1)oc1c(-c3cc(C(C([2H])([2H])[2H])(C([2H])([2H])[2H])C([2H])([2H])[2H])ccn3)[c-]cc(C([2H])([2H])[2H])c12.[2H]C([2H])(c1cc(-c2[c-]cccc2)nc[c]1[Ge]([CH3])([CH3])[CH3])C(C)C.[Ir]. The zero-order valence-corrected chi connectivity index (χ0v) is 30.6. The number of rotatable bonds is 5. The van der Waals surface area contributed by atoms with Gasteiger partial charge in [0.05, 0.1) is 5.58 Å². The van der Waals surface area contributed by atoms with Crippen LogP contribution in [-0.4, -0.2) is 28.2 Å². The first kappa shape index (κ1) is 19.0. The molecule has 0 atom stereocenters. The normalized spacial score (nSPS) is 19.0. The Hall–Kier alpha value is -3.12. The third-order valence-electron chi connectivity index (χ3n) is 7.00. The Labute approximate surface area is 315 Å². The van der Waals surface area contributed by atoms with Gasteiger partial charge in [0, 0.05) is 57.9 Å². The Balaban J connectivity index is 0.000000321. The number of fused-ring (bicyclic) bond motifs is 3. The minimum Gasteiger partial charge on any atom is 0 e. The molecule has 6 aromatic rings. The summed E-state index contributed by atoms with van der Waals surface area (Å²) in [4.78, 5) is 12.8. The maximum atomic E-state index is 8.56. The zero-order valence-electron chi connectivity index (χ0n) is 43.1. The summed E-state index contributed by atoms with van der Waals surface area (Å²) in [6.45, 7) is -11.9. The van der Waals surface area contributed by atoms with Crippen molar-refractivity contribution in [3.8, 4) is 22.5 Å². The molecule has 0 aliphatic rings. The van der Waals surface area contributed by atoms with Crippen LogP contribution in [0, 0.1) is 31.8 Å². The second-order valence-electron chi connectivity index (χ2n) is 12.1. The fourth-order valence-electron chi connectivity index (χ4n) is 4.88. The summed E-state index contributed by atoms with van der Waals surface area (Å²) in [6.07, 6.45) is 1.60. The summed E-state index contributed by atoms with van der Waals surface area (Å²) in [6, 6.07) is 21.2. The van der Waals surface area contributed by atoms with Gasteiger partial charge in [0.25, 0.3) is 0 Å². The molecule has 0 bridgehead atoms. The summed E-state index contributed by atoms with van der Waals surface area (Å²) in [7, 11) is 0. The minimum atomic E-state index is -3.51. The van der Waals surface area contributed by atoms with Gasteiger partial charge in [-0.05, 0) is 41.7 Å². The van der Waals surface area contributed by atoms with Crippen LogP contribution in [0.25, 0.3) is 44.6 Å². The minimum absolute atomic E-state index is 0. The predicted octanol–water partition coefficient (Wildman–Crippen LogP) is 10.0. The average Bonchev–Trinajstić information content (AvgIpc) is 3.51. The number of benzene rings is 2. The van der Waals surface area contributed by atoms with E-state index in [1.807, 2.05) is 50.4 Å². The van der Waals surface area contributed by atoms with Gasteiger partial charge in [0.1, 0.15) is 0 Å². The Bertz CT molecular complexity index is 2540. The molecule has 4 nitrogen and oxygen atoms in total. The van der Waals surface area contributed by atoms with E-state index >= 15 is 0 Å². The molecule has 0 saturated heterocycles. The van der Waals surface area contributed by atoms with Crippen LogP contribution in [0.15, 0.2) is 77.5 Å². The molecule has 1 radical (unpaired) electrons. The first-order valence-electron chi connectivity index (χ1n) is 22.9. The van der Waals surface area contributed by atoms with Crippen molar-refractivity contribution >= 4 is 39.7 Å². The Morgan fingerprint density at radius 1 is 0.978 bits per heavy atom. The van der Waals surface area contributed by atoms with Crippen LogP contribution in [-0.2, 0) is 31.9 Å². The third-order valence-corrected chi connectivity index (χ3v) is 11.2. The Kier molecular flexibility index (Phi) is 5.93. The molecule has 0 spiro atoms. The van der Waals surface area contributed by atoms with Gasteiger partial charge in [-0.15, -0.1) is 17.7 Å². The molecule has 2 aromatic carbocycles. The van der Waals surface area contributed by atoms with E-state index in [9.17, 15) is 0 Å². The molecule has 0 aliphatic heterocycles. The van der Waals surface area contributed by atoms with Crippen molar-refractivity contribution in [3.63, 3.8) is 0 Å². The van der Waals surface area contributed by atoms with Crippen LogP contribution in [0.3, 0.4) is 0 Å². The molecule has 0 saturated carbocycles. The first-order valence-corrected chi connectivity index (χ1v) is 21.7. The topological polar surface area (TPSA) is 51.8 Å². The summed E-state index contributed by atoms with van der Waals surface area (Å²) in [5, 5.41) is 0.205. The fraction of sp³-hybridized carbons (Fsp3) is 0.325. The molecule has 6 heteroatoms. The fourth-order valence-corrected chi connectivity index (χ4v) is 7.82. The van der Waals surface area contributed by atoms with Crippen LogP contribution in [0.4, 0.5) is 0 Å². The van der Waals surface area contributed by atoms with Crippen molar-refractivity contribution in [1.29, 1.82) is 0 Å². The number of hydrogen-bond donors (Lipinski definition) is 0. The van der Waals surface area contributed by atoms with Crippen LogP contribution < -0.4 is 4.40 Å². The monoisotopic (exact) mass is 867 g/mol. The number of furan rings is 1. The van der Waals surface area contributed by atoms with Gasteiger partial charge >= 0.3 is 128 Å². The van der Waals surface area contributed by atoms with E-state index < -0.39 is 64.9 Å². The largest absolute Gasteiger partial charge is 0 e. The van der Waals surface area contributed by atoms with E-state index in [4.69, 9.17) is 27.7 Å². The Morgan fingerprint density at radius 3 is 2.48 bits per heavy atom. The number of aryl methyl sites for hydroxylation is 2. The smallest absolute Gasteiger partial charge is 0 e. The quantitative estimate of drug-likeness (QED) is 0.128. The molecule has 0 fully saturated rings. The van der Waals surface area contributed by atoms with Crippen molar-refractivity contribution in [1.82, 2.24) is 15.0 Å². The summed E-state index contributed by atoms with van der Waals surface area (Å²) < 4.78 is 143. The van der Waals surface area contributed by atoms with Crippen molar-refractivity contribution in [2.24, 2.45) is 5.92 Å². The maximum Gasteiger partial charge on any atom is 0 e. The molecule has 46 heavy (non-hydrogen) atoms. The van der Waals surface area contributed by atoms with Gasteiger partial charge < -0.3 is 9.40 Å². The number of pyridine rings is 3. The number of nitrogens with zero attached hydrogens (tertiary/aromatic N) is 3. The molecule has 0 N–H and O–H groups in total. The first-order chi connectivity index (χ1) is 28.2. The van der Waals surface area contributed by atoms with E-state index in [1.54, 1.807) is 0 Å². The predicted molar refractivity (Wildman–Crippen MR) is 192 cm³/mol. The molecule has 4 aromatic heterocycles. The average molecular weight is 866 g/mol. The van der Waals surface area contributed by atoms with Crippen molar-refractivity contribution in [3.05, 3.63) is 108 Å².